The molecule has 0 radical (unpaired) electrons. The predicted octanol–water partition coefficient (Wildman–Crippen LogP) is 4.33. The average molecular weight is 446 g/mol. The van der Waals surface area contributed by atoms with E-state index in [1.807, 2.05) is 28.8 Å². The van der Waals surface area contributed by atoms with Gasteiger partial charge >= 0.3 is 5.69 Å². The second-order valence-electron chi connectivity index (χ2n) is 8.80. The second kappa shape index (κ2) is 10.4. The normalized spacial score (nSPS) is 11.4. The lowest BCUT2D eigenvalue weighted by Gasteiger charge is -2.09. The first-order valence-electron chi connectivity index (χ1n) is 11.7. The highest BCUT2D eigenvalue weighted by molar-refractivity contribution is 5.80. The number of H-pyrrole nitrogens is 1. The number of unbranched alkanes of at least 4 members (excludes halogenated alkanes) is 2. The first-order valence-corrected chi connectivity index (χ1v) is 11.7. The summed E-state index contributed by atoms with van der Waals surface area (Å²) in [5.41, 5.74) is 4.06. The van der Waals surface area contributed by atoms with Crippen LogP contribution in [0.2, 0.25) is 0 Å². The molecule has 0 aliphatic carbocycles. The fraction of sp³-hybridized carbons (Fsp3) is 0.400. The van der Waals surface area contributed by atoms with Crippen molar-refractivity contribution < 1.29 is 0 Å². The minimum Gasteiger partial charge on any atom is -0.274 e. The van der Waals surface area contributed by atoms with Crippen molar-refractivity contribution in [1.29, 1.82) is 0 Å². The van der Waals surface area contributed by atoms with Crippen LogP contribution < -0.4 is 5.69 Å². The maximum absolute atomic E-state index is 13.1. The van der Waals surface area contributed by atoms with Crippen LogP contribution in [-0.2, 0) is 19.5 Å². The summed E-state index contributed by atoms with van der Waals surface area (Å²) in [4.78, 5) is 13.1. The van der Waals surface area contributed by atoms with E-state index in [1.165, 1.54) is 0 Å². The van der Waals surface area contributed by atoms with Gasteiger partial charge in [-0.15, -0.1) is 10.2 Å². The van der Waals surface area contributed by atoms with Gasteiger partial charge in [-0.25, -0.2) is 9.48 Å². The van der Waals surface area contributed by atoms with E-state index in [2.05, 4.69) is 70.8 Å². The molecule has 4 aromatic rings. The molecule has 0 unspecified atom stereocenters. The molecule has 0 saturated heterocycles. The fourth-order valence-electron chi connectivity index (χ4n) is 4.01. The number of nitrogens with one attached hydrogen (secondary N) is 1. The quantitative estimate of drug-likeness (QED) is 0.367. The molecule has 8 nitrogen and oxygen atoms in total. The number of aromatic amines is 1. The van der Waals surface area contributed by atoms with E-state index in [1.54, 1.807) is 4.68 Å². The Morgan fingerprint density at radius 3 is 2.42 bits per heavy atom. The maximum Gasteiger partial charge on any atom is 0.346 e. The van der Waals surface area contributed by atoms with Gasteiger partial charge in [0.25, 0.3) is 0 Å². The summed E-state index contributed by atoms with van der Waals surface area (Å²) in [6, 6.07) is 16.3. The Morgan fingerprint density at radius 1 is 1.00 bits per heavy atom. The highest BCUT2D eigenvalue weighted by atomic mass is 16.2. The van der Waals surface area contributed by atoms with Gasteiger partial charge in [0, 0.05) is 18.5 Å². The standard InChI is InChI=1S/C25H31N7O/c1-4-5-6-11-23-28-32(16-18(2)3)25(33)31(23)17-19-12-14-20(15-13-19)21-9-7-8-10-22(21)24-26-29-30-27-24/h7-10,12-15,18H,4-6,11,16-17H2,1-3H3,(H,26,27,29,30). The van der Waals surface area contributed by atoms with Crippen LogP contribution in [0.25, 0.3) is 22.5 Å². The van der Waals surface area contributed by atoms with Crippen LogP contribution in [0.4, 0.5) is 0 Å². The molecule has 0 atom stereocenters. The van der Waals surface area contributed by atoms with Gasteiger partial charge in [0.2, 0.25) is 5.82 Å². The molecule has 0 amide bonds. The zero-order valence-corrected chi connectivity index (χ0v) is 19.5. The lowest BCUT2D eigenvalue weighted by Crippen LogP contribution is -2.27. The highest BCUT2D eigenvalue weighted by Gasteiger charge is 2.15. The topological polar surface area (TPSA) is 94.3 Å². The van der Waals surface area contributed by atoms with Crippen molar-refractivity contribution >= 4 is 0 Å². The minimum atomic E-state index is -0.0262. The third-order valence-electron chi connectivity index (χ3n) is 5.66. The Labute approximate surface area is 193 Å². The molecular weight excluding hydrogens is 414 g/mol. The van der Waals surface area contributed by atoms with Gasteiger partial charge in [-0.2, -0.15) is 10.3 Å². The summed E-state index contributed by atoms with van der Waals surface area (Å²) < 4.78 is 3.46. The number of tetrazole rings is 1. The van der Waals surface area contributed by atoms with Crippen molar-refractivity contribution in [2.24, 2.45) is 5.92 Å². The van der Waals surface area contributed by atoms with Crippen LogP contribution in [0.15, 0.2) is 53.3 Å². The molecule has 2 aromatic carbocycles. The molecule has 0 bridgehead atoms. The maximum atomic E-state index is 13.1. The van der Waals surface area contributed by atoms with Gasteiger partial charge in [-0.1, -0.05) is 82.1 Å². The van der Waals surface area contributed by atoms with E-state index in [0.717, 1.165) is 53.8 Å². The van der Waals surface area contributed by atoms with E-state index in [0.29, 0.717) is 24.8 Å². The molecule has 0 aliphatic heterocycles. The van der Waals surface area contributed by atoms with E-state index in [4.69, 9.17) is 0 Å². The third kappa shape index (κ3) is 5.27. The summed E-state index contributed by atoms with van der Waals surface area (Å²) >= 11 is 0. The summed E-state index contributed by atoms with van der Waals surface area (Å²) in [5.74, 6) is 1.81. The minimum absolute atomic E-state index is 0.0262. The molecule has 1 N–H and O–H groups in total. The first kappa shape index (κ1) is 22.6. The summed E-state index contributed by atoms with van der Waals surface area (Å²) in [6.45, 7) is 7.55. The van der Waals surface area contributed by atoms with E-state index < -0.39 is 0 Å². The lowest BCUT2D eigenvalue weighted by molar-refractivity contribution is 0.465. The van der Waals surface area contributed by atoms with E-state index >= 15 is 0 Å². The number of benzene rings is 2. The van der Waals surface area contributed by atoms with Gasteiger partial charge in [-0.3, -0.25) is 4.57 Å². The number of hydrogen-bond donors (Lipinski definition) is 1. The molecule has 33 heavy (non-hydrogen) atoms. The molecule has 2 aromatic heterocycles. The molecule has 8 heteroatoms. The fourth-order valence-corrected chi connectivity index (χ4v) is 4.01. The summed E-state index contributed by atoms with van der Waals surface area (Å²) in [5, 5.41) is 19.1. The van der Waals surface area contributed by atoms with Crippen LogP contribution in [-0.4, -0.2) is 35.0 Å². The number of nitrogens with zero attached hydrogens (tertiary/aromatic N) is 6. The number of aromatic nitrogens is 7. The van der Waals surface area contributed by atoms with Crippen LogP contribution >= 0.6 is 0 Å². The molecule has 0 fully saturated rings. The molecular formula is C25H31N7O. The molecule has 172 valence electrons. The Hall–Kier alpha value is -3.55. The smallest absolute Gasteiger partial charge is 0.274 e. The Bertz CT molecular complexity index is 1220. The van der Waals surface area contributed by atoms with Gasteiger partial charge in [0.1, 0.15) is 5.82 Å². The molecule has 0 aliphatic rings. The number of hydrogen-bond acceptors (Lipinski definition) is 5. The Balaban J connectivity index is 1.60. The van der Waals surface area contributed by atoms with Crippen molar-refractivity contribution in [2.45, 2.75) is 59.5 Å². The Kier molecular flexibility index (Phi) is 7.12. The van der Waals surface area contributed by atoms with Gasteiger partial charge < -0.3 is 0 Å². The van der Waals surface area contributed by atoms with Crippen molar-refractivity contribution in [3.8, 4) is 22.5 Å². The van der Waals surface area contributed by atoms with Crippen LogP contribution in [0.3, 0.4) is 0 Å². The third-order valence-corrected chi connectivity index (χ3v) is 5.66. The van der Waals surface area contributed by atoms with Crippen molar-refractivity contribution in [3.05, 3.63) is 70.4 Å². The Morgan fingerprint density at radius 2 is 1.76 bits per heavy atom. The molecule has 0 spiro atoms. The number of aryl methyl sites for hydroxylation is 1. The van der Waals surface area contributed by atoms with Crippen molar-refractivity contribution in [3.63, 3.8) is 0 Å². The number of rotatable bonds is 10. The molecule has 0 saturated carbocycles. The van der Waals surface area contributed by atoms with Gasteiger partial charge in [0.05, 0.1) is 6.54 Å². The van der Waals surface area contributed by atoms with E-state index in [9.17, 15) is 4.79 Å². The predicted molar refractivity (Wildman–Crippen MR) is 129 cm³/mol. The molecule has 4 rings (SSSR count). The highest BCUT2D eigenvalue weighted by Crippen LogP contribution is 2.29. The first-order chi connectivity index (χ1) is 16.1. The zero-order valence-electron chi connectivity index (χ0n) is 19.5. The van der Waals surface area contributed by atoms with Crippen molar-refractivity contribution in [2.75, 3.05) is 0 Å². The lowest BCUT2D eigenvalue weighted by atomic mass is 9.98. The van der Waals surface area contributed by atoms with Crippen molar-refractivity contribution in [1.82, 2.24) is 35.0 Å². The van der Waals surface area contributed by atoms with Gasteiger partial charge in [0.15, 0.2) is 0 Å². The average Bonchev–Trinajstić information content (AvgIpc) is 3.45. The zero-order chi connectivity index (χ0) is 23.2. The molecule has 2 heterocycles. The monoisotopic (exact) mass is 445 g/mol. The largest absolute Gasteiger partial charge is 0.346 e. The second-order valence-corrected chi connectivity index (χ2v) is 8.80. The van der Waals surface area contributed by atoms with Gasteiger partial charge in [-0.05, 0) is 34.2 Å². The summed E-state index contributed by atoms with van der Waals surface area (Å²) in [7, 11) is 0. The van der Waals surface area contributed by atoms with Crippen LogP contribution in [0.5, 0.6) is 0 Å². The SMILES string of the molecule is CCCCCc1nn(CC(C)C)c(=O)n1Cc1ccc(-c2ccccc2-c2nn[nH]n2)cc1. The van der Waals surface area contributed by atoms with E-state index in [-0.39, 0.29) is 5.69 Å². The van der Waals surface area contributed by atoms with Crippen LogP contribution in [0, 0.1) is 5.92 Å². The van der Waals surface area contributed by atoms with Crippen LogP contribution in [0.1, 0.15) is 51.4 Å². The summed E-state index contributed by atoms with van der Waals surface area (Å²) in [6.07, 6.45) is 4.15.